The Balaban J connectivity index is 1.97. The molecule has 2 aromatic carbocycles. The van der Waals surface area contributed by atoms with E-state index in [1.807, 2.05) is 0 Å². The molecular weight excluding hydrogens is 306 g/mol. The highest BCUT2D eigenvalue weighted by Gasteiger charge is 2.04. The highest BCUT2D eigenvalue weighted by atomic mass is 16.5. The third kappa shape index (κ3) is 4.64. The molecule has 0 spiro atoms. The Hall–Kier alpha value is -3.21. The molecule has 0 fully saturated rings. The van der Waals surface area contributed by atoms with Gasteiger partial charge in [0.05, 0.1) is 12.7 Å². The van der Waals surface area contributed by atoms with Crippen LogP contribution in [0.3, 0.4) is 0 Å². The zero-order valence-corrected chi connectivity index (χ0v) is 13.4. The summed E-state index contributed by atoms with van der Waals surface area (Å²) < 4.78 is 4.62. The van der Waals surface area contributed by atoms with E-state index in [9.17, 15) is 14.4 Å². The second kappa shape index (κ2) is 7.87. The zero-order chi connectivity index (χ0) is 17.5. The standard InChI is InChI=1S/C19H17NO4/c1-13(21)15-8-10-17(11-9-15)20-18(22)12-5-14-3-6-16(7-4-14)19(23)24-2/h3-12H,1-2H3,(H,20,22)/b12-5+. The topological polar surface area (TPSA) is 72.5 Å². The molecule has 0 atom stereocenters. The van der Waals surface area contributed by atoms with Gasteiger partial charge in [0.2, 0.25) is 5.91 Å². The molecule has 1 N–H and O–H groups in total. The summed E-state index contributed by atoms with van der Waals surface area (Å²) in [5.74, 6) is -0.719. The van der Waals surface area contributed by atoms with Gasteiger partial charge in [0.25, 0.3) is 0 Å². The van der Waals surface area contributed by atoms with Crippen LogP contribution >= 0.6 is 0 Å². The monoisotopic (exact) mass is 323 g/mol. The van der Waals surface area contributed by atoms with E-state index in [0.29, 0.717) is 16.8 Å². The fraction of sp³-hybridized carbons (Fsp3) is 0.105. The predicted octanol–water partition coefficient (Wildman–Crippen LogP) is 3.33. The van der Waals surface area contributed by atoms with Crippen molar-refractivity contribution in [2.24, 2.45) is 0 Å². The van der Waals surface area contributed by atoms with E-state index in [0.717, 1.165) is 5.56 Å². The summed E-state index contributed by atoms with van der Waals surface area (Å²) in [4.78, 5) is 34.4. The largest absolute Gasteiger partial charge is 0.465 e. The first kappa shape index (κ1) is 17.1. The first-order valence-corrected chi connectivity index (χ1v) is 7.28. The van der Waals surface area contributed by atoms with E-state index in [4.69, 9.17) is 0 Å². The summed E-state index contributed by atoms with van der Waals surface area (Å²) >= 11 is 0. The number of carbonyl (C=O) groups excluding carboxylic acids is 3. The number of ether oxygens (including phenoxy) is 1. The van der Waals surface area contributed by atoms with Gasteiger partial charge in [0.1, 0.15) is 0 Å². The van der Waals surface area contributed by atoms with Crippen LogP contribution in [0.5, 0.6) is 0 Å². The van der Waals surface area contributed by atoms with Gasteiger partial charge in [0, 0.05) is 17.3 Å². The number of hydrogen-bond acceptors (Lipinski definition) is 4. The Morgan fingerprint density at radius 3 is 2.04 bits per heavy atom. The maximum absolute atomic E-state index is 11.9. The average molecular weight is 323 g/mol. The Morgan fingerprint density at radius 1 is 0.917 bits per heavy atom. The summed E-state index contributed by atoms with van der Waals surface area (Å²) in [5.41, 5.74) is 2.43. The van der Waals surface area contributed by atoms with E-state index in [-0.39, 0.29) is 11.7 Å². The minimum absolute atomic E-state index is 0.0248. The molecule has 0 heterocycles. The van der Waals surface area contributed by atoms with Gasteiger partial charge < -0.3 is 10.1 Å². The SMILES string of the molecule is COC(=O)c1ccc(/C=C/C(=O)Nc2ccc(C(C)=O)cc2)cc1. The lowest BCUT2D eigenvalue weighted by Crippen LogP contribution is -2.07. The molecule has 0 aliphatic carbocycles. The van der Waals surface area contributed by atoms with Crippen LogP contribution in [-0.4, -0.2) is 24.8 Å². The zero-order valence-electron chi connectivity index (χ0n) is 13.4. The molecule has 122 valence electrons. The number of hydrogen-bond donors (Lipinski definition) is 1. The van der Waals surface area contributed by atoms with Crippen molar-refractivity contribution >= 4 is 29.4 Å². The Labute approximate surface area is 140 Å². The van der Waals surface area contributed by atoms with Gasteiger partial charge in [-0.25, -0.2) is 4.79 Å². The molecule has 0 bridgehead atoms. The fourth-order valence-corrected chi connectivity index (χ4v) is 1.99. The van der Waals surface area contributed by atoms with Crippen molar-refractivity contribution < 1.29 is 19.1 Å². The molecule has 1 amide bonds. The molecule has 0 aliphatic rings. The van der Waals surface area contributed by atoms with Gasteiger partial charge in [-0.2, -0.15) is 0 Å². The highest BCUT2D eigenvalue weighted by Crippen LogP contribution is 2.11. The number of esters is 1. The maximum Gasteiger partial charge on any atom is 0.337 e. The van der Waals surface area contributed by atoms with Crippen LogP contribution in [0.25, 0.3) is 6.08 Å². The van der Waals surface area contributed by atoms with Crippen LogP contribution in [0.1, 0.15) is 33.2 Å². The predicted molar refractivity (Wildman–Crippen MR) is 91.9 cm³/mol. The van der Waals surface area contributed by atoms with Crippen LogP contribution in [0, 0.1) is 0 Å². The van der Waals surface area contributed by atoms with Gasteiger partial charge in [-0.15, -0.1) is 0 Å². The van der Waals surface area contributed by atoms with Gasteiger partial charge in [0.15, 0.2) is 5.78 Å². The minimum Gasteiger partial charge on any atom is -0.465 e. The van der Waals surface area contributed by atoms with Crippen molar-refractivity contribution in [1.82, 2.24) is 0 Å². The van der Waals surface area contributed by atoms with Crippen molar-refractivity contribution in [3.8, 4) is 0 Å². The molecule has 0 radical (unpaired) electrons. The normalized spacial score (nSPS) is 10.4. The lowest BCUT2D eigenvalue weighted by molar-refractivity contribution is -0.111. The first-order chi connectivity index (χ1) is 11.5. The quantitative estimate of drug-likeness (QED) is 0.520. The van der Waals surface area contributed by atoms with Crippen molar-refractivity contribution in [3.05, 3.63) is 71.3 Å². The Bertz CT molecular complexity index is 774. The molecule has 24 heavy (non-hydrogen) atoms. The number of methoxy groups -OCH3 is 1. The number of Topliss-reactive ketones (excluding diaryl/α,β-unsaturated/α-hetero) is 1. The number of benzene rings is 2. The summed E-state index contributed by atoms with van der Waals surface area (Å²) in [6.45, 7) is 1.49. The van der Waals surface area contributed by atoms with Crippen molar-refractivity contribution in [2.75, 3.05) is 12.4 Å². The second-order valence-electron chi connectivity index (χ2n) is 5.07. The third-order valence-corrected chi connectivity index (χ3v) is 3.32. The molecule has 2 aromatic rings. The van der Waals surface area contributed by atoms with Crippen LogP contribution in [0.15, 0.2) is 54.6 Å². The van der Waals surface area contributed by atoms with E-state index in [2.05, 4.69) is 10.1 Å². The Kier molecular flexibility index (Phi) is 5.63. The molecule has 5 nitrogen and oxygen atoms in total. The van der Waals surface area contributed by atoms with Gasteiger partial charge in [-0.1, -0.05) is 12.1 Å². The lowest BCUT2D eigenvalue weighted by atomic mass is 10.1. The summed E-state index contributed by atoms with van der Waals surface area (Å²) in [6, 6.07) is 13.4. The summed E-state index contributed by atoms with van der Waals surface area (Å²) in [7, 11) is 1.32. The van der Waals surface area contributed by atoms with E-state index >= 15 is 0 Å². The fourth-order valence-electron chi connectivity index (χ4n) is 1.99. The highest BCUT2D eigenvalue weighted by molar-refractivity contribution is 6.02. The summed E-state index contributed by atoms with van der Waals surface area (Å²) in [5, 5.41) is 2.71. The molecular formula is C19H17NO4. The number of rotatable bonds is 5. The van der Waals surface area contributed by atoms with Gasteiger partial charge in [-0.05, 0) is 55.0 Å². The molecule has 0 aliphatic heterocycles. The third-order valence-electron chi connectivity index (χ3n) is 3.32. The molecule has 0 unspecified atom stereocenters. The van der Waals surface area contributed by atoms with Crippen molar-refractivity contribution in [1.29, 1.82) is 0 Å². The van der Waals surface area contributed by atoms with Crippen molar-refractivity contribution in [3.63, 3.8) is 0 Å². The average Bonchev–Trinajstić information content (AvgIpc) is 2.60. The number of anilines is 1. The Morgan fingerprint density at radius 2 is 1.50 bits per heavy atom. The molecule has 0 saturated carbocycles. The smallest absolute Gasteiger partial charge is 0.337 e. The molecule has 0 aromatic heterocycles. The number of carbonyl (C=O) groups is 3. The van der Waals surface area contributed by atoms with E-state index in [1.54, 1.807) is 54.6 Å². The number of nitrogens with one attached hydrogen (secondary N) is 1. The van der Waals surface area contributed by atoms with E-state index in [1.165, 1.54) is 20.1 Å². The van der Waals surface area contributed by atoms with Gasteiger partial charge >= 0.3 is 5.97 Å². The molecule has 2 rings (SSSR count). The lowest BCUT2D eigenvalue weighted by Gasteiger charge is -2.03. The van der Waals surface area contributed by atoms with Crippen molar-refractivity contribution in [2.45, 2.75) is 6.92 Å². The van der Waals surface area contributed by atoms with Crippen LogP contribution in [-0.2, 0) is 9.53 Å². The molecule has 0 saturated heterocycles. The summed E-state index contributed by atoms with van der Waals surface area (Å²) in [6.07, 6.45) is 3.03. The van der Waals surface area contributed by atoms with Crippen LogP contribution < -0.4 is 5.32 Å². The van der Waals surface area contributed by atoms with Crippen LogP contribution in [0.4, 0.5) is 5.69 Å². The van der Waals surface area contributed by atoms with Crippen LogP contribution in [0.2, 0.25) is 0 Å². The molecule has 5 heteroatoms. The first-order valence-electron chi connectivity index (χ1n) is 7.28. The maximum atomic E-state index is 11.9. The number of amides is 1. The van der Waals surface area contributed by atoms with Gasteiger partial charge in [-0.3, -0.25) is 9.59 Å². The second-order valence-corrected chi connectivity index (χ2v) is 5.07. The van der Waals surface area contributed by atoms with E-state index < -0.39 is 5.97 Å². The number of ketones is 1. The minimum atomic E-state index is -0.405.